The van der Waals surface area contributed by atoms with Crippen LogP contribution >= 0.6 is 11.6 Å². The quantitative estimate of drug-likeness (QED) is 0.168. The van der Waals surface area contributed by atoms with Gasteiger partial charge in [-0.15, -0.1) is 0 Å². The van der Waals surface area contributed by atoms with Crippen molar-refractivity contribution in [3.63, 3.8) is 0 Å². The first-order chi connectivity index (χ1) is 16.2. The van der Waals surface area contributed by atoms with Gasteiger partial charge in [-0.05, 0) is 24.6 Å². The van der Waals surface area contributed by atoms with Crippen molar-refractivity contribution in [3.05, 3.63) is 23.2 Å². The van der Waals surface area contributed by atoms with Crippen LogP contribution < -0.4 is 10.1 Å². The van der Waals surface area contributed by atoms with Crippen LogP contribution in [0.5, 0.6) is 5.75 Å². The van der Waals surface area contributed by atoms with Crippen LogP contribution in [-0.2, 0) is 4.79 Å². The molecular weight excluding hydrogens is 430 g/mol. The van der Waals surface area contributed by atoms with Gasteiger partial charge in [0.15, 0.2) is 0 Å². The van der Waals surface area contributed by atoms with E-state index in [1.54, 1.807) is 19.2 Å². The molecule has 190 valence electrons. The molecule has 0 heterocycles. The Morgan fingerprint density at radius 3 is 1.55 bits per heavy atom. The number of anilines is 1. The highest BCUT2D eigenvalue weighted by atomic mass is 35.5. The van der Waals surface area contributed by atoms with E-state index < -0.39 is 0 Å². The number of hydrogen-bond donors (Lipinski definition) is 1. The molecule has 0 radical (unpaired) electrons. The standard InChI is InChI=1S/C29H50ClNO2/c1-3-4-5-6-7-8-9-10-11-12-13-14-15-16-17-18-19-20-21-22-29(32)31-26-23-24-28(33-2)27(30)25-26/h23-25H,3-22H2,1-2H3,(H,31,32). The summed E-state index contributed by atoms with van der Waals surface area (Å²) in [6.45, 7) is 2.29. The van der Waals surface area contributed by atoms with E-state index in [1.165, 1.54) is 109 Å². The van der Waals surface area contributed by atoms with Crippen LogP contribution in [-0.4, -0.2) is 13.0 Å². The summed E-state index contributed by atoms with van der Waals surface area (Å²) in [7, 11) is 1.58. The molecule has 1 N–H and O–H groups in total. The summed E-state index contributed by atoms with van der Waals surface area (Å²) >= 11 is 6.10. The van der Waals surface area contributed by atoms with E-state index >= 15 is 0 Å². The fraction of sp³-hybridized carbons (Fsp3) is 0.759. The molecule has 0 bridgehead atoms. The molecule has 0 aliphatic rings. The molecule has 1 rings (SSSR count). The summed E-state index contributed by atoms with van der Waals surface area (Å²) in [5.74, 6) is 0.677. The van der Waals surface area contributed by atoms with Crippen molar-refractivity contribution in [1.29, 1.82) is 0 Å². The number of carbonyl (C=O) groups excluding carboxylic acids is 1. The minimum atomic E-state index is 0.0585. The van der Waals surface area contributed by atoms with Crippen molar-refractivity contribution in [1.82, 2.24) is 0 Å². The van der Waals surface area contributed by atoms with E-state index in [0.29, 0.717) is 17.2 Å². The van der Waals surface area contributed by atoms with Crippen molar-refractivity contribution in [2.24, 2.45) is 0 Å². The molecule has 1 amide bonds. The Bertz CT molecular complexity index is 605. The number of carbonyl (C=O) groups is 1. The number of benzene rings is 1. The first-order valence-electron chi connectivity index (χ1n) is 13.8. The monoisotopic (exact) mass is 479 g/mol. The van der Waals surface area contributed by atoms with Crippen molar-refractivity contribution in [3.8, 4) is 5.75 Å². The molecule has 0 aromatic heterocycles. The van der Waals surface area contributed by atoms with Crippen molar-refractivity contribution in [2.75, 3.05) is 12.4 Å². The molecule has 0 aliphatic heterocycles. The number of rotatable bonds is 22. The Labute approximate surface area is 209 Å². The first kappa shape index (κ1) is 29.8. The molecule has 1 aromatic carbocycles. The van der Waals surface area contributed by atoms with Crippen molar-refractivity contribution >= 4 is 23.2 Å². The van der Waals surface area contributed by atoms with Gasteiger partial charge in [-0.1, -0.05) is 134 Å². The second kappa shape index (κ2) is 21.3. The maximum atomic E-state index is 12.1. The number of unbranched alkanes of at least 4 members (excludes halogenated alkanes) is 18. The maximum Gasteiger partial charge on any atom is 0.224 e. The van der Waals surface area contributed by atoms with Crippen LogP contribution in [0.4, 0.5) is 5.69 Å². The fourth-order valence-electron chi connectivity index (χ4n) is 4.33. The molecule has 33 heavy (non-hydrogen) atoms. The topological polar surface area (TPSA) is 38.3 Å². The average molecular weight is 480 g/mol. The second-order valence-electron chi connectivity index (χ2n) is 9.51. The fourth-order valence-corrected chi connectivity index (χ4v) is 4.59. The predicted molar refractivity (Wildman–Crippen MR) is 145 cm³/mol. The maximum absolute atomic E-state index is 12.1. The summed E-state index contributed by atoms with van der Waals surface area (Å²) in [6.07, 6.45) is 26.5. The van der Waals surface area contributed by atoms with Gasteiger partial charge in [-0.25, -0.2) is 0 Å². The minimum Gasteiger partial charge on any atom is -0.495 e. The molecule has 4 heteroatoms. The van der Waals surface area contributed by atoms with Gasteiger partial charge in [0.05, 0.1) is 12.1 Å². The highest BCUT2D eigenvalue weighted by Gasteiger charge is 2.05. The van der Waals surface area contributed by atoms with Crippen LogP contribution in [0, 0.1) is 0 Å². The van der Waals surface area contributed by atoms with Gasteiger partial charge in [-0.3, -0.25) is 4.79 Å². The van der Waals surface area contributed by atoms with Gasteiger partial charge in [-0.2, -0.15) is 0 Å². The highest BCUT2D eigenvalue weighted by molar-refractivity contribution is 6.32. The van der Waals surface area contributed by atoms with Crippen LogP contribution in [0.25, 0.3) is 0 Å². The van der Waals surface area contributed by atoms with E-state index in [2.05, 4.69) is 12.2 Å². The summed E-state index contributed by atoms with van der Waals surface area (Å²) in [5.41, 5.74) is 0.726. The van der Waals surface area contributed by atoms with Gasteiger partial charge in [0.25, 0.3) is 0 Å². The molecule has 0 fully saturated rings. The van der Waals surface area contributed by atoms with Crippen LogP contribution in [0.2, 0.25) is 5.02 Å². The Morgan fingerprint density at radius 1 is 0.727 bits per heavy atom. The largest absolute Gasteiger partial charge is 0.495 e. The van der Waals surface area contributed by atoms with Gasteiger partial charge >= 0.3 is 0 Å². The number of halogens is 1. The first-order valence-corrected chi connectivity index (χ1v) is 14.2. The Kier molecular flexibility index (Phi) is 19.3. The van der Waals surface area contributed by atoms with Crippen molar-refractivity contribution < 1.29 is 9.53 Å². The molecular formula is C29H50ClNO2. The molecule has 0 spiro atoms. The Balaban J connectivity index is 1.81. The Hall–Kier alpha value is -1.22. The molecule has 0 atom stereocenters. The summed E-state index contributed by atoms with van der Waals surface area (Å²) < 4.78 is 5.13. The summed E-state index contributed by atoms with van der Waals surface area (Å²) in [4.78, 5) is 12.1. The average Bonchev–Trinajstić information content (AvgIpc) is 2.80. The lowest BCUT2D eigenvalue weighted by molar-refractivity contribution is -0.116. The van der Waals surface area contributed by atoms with Crippen LogP contribution in [0.3, 0.4) is 0 Å². The molecule has 0 unspecified atom stereocenters. The van der Waals surface area contributed by atoms with Crippen LogP contribution in [0.1, 0.15) is 135 Å². The summed E-state index contributed by atoms with van der Waals surface area (Å²) in [6, 6.07) is 5.32. The third-order valence-electron chi connectivity index (χ3n) is 6.44. The van der Waals surface area contributed by atoms with Gasteiger partial charge in [0.2, 0.25) is 5.91 Å². The molecule has 0 saturated carbocycles. The third kappa shape index (κ3) is 17.0. The zero-order valence-electron chi connectivity index (χ0n) is 21.6. The second-order valence-corrected chi connectivity index (χ2v) is 9.92. The predicted octanol–water partition coefficient (Wildman–Crippen LogP) is 10.1. The number of nitrogens with one attached hydrogen (secondary N) is 1. The molecule has 0 aliphatic carbocycles. The van der Waals surface area contributed by atoms with E-state index in [-0.39, 0.29) is 5.91 Å². The van der Waals surface area contributed by atoms with Crippen molar-refractivity contribution in [2.45, 2.75) is 135 Å². The summed E-state index contributed by atoms with van der Waals surface area (Å²) in [5, 5.41) is 3.43. The zero-order chi connectivity index (χ0) is 24.0. The molecule has 0 saturated heterocycles. The van der Waals surface area contributed by atoms with Crippen LogP contribution in [0.15, 0.2) is 18.2 Å². The number of ether oxygens (including phenoxy) is 1. The van der Waals surface area contributed by atoms with E-state index in [9.17, 15) is 4.79 Å². The number of methoxy groups -OCH3 is 1. The van der Waals surface area contributed by atoms with Gasteiger partial charge in [0.1, 0.15) is 5.75 Å². The van der Waals surface area contributed by atoms with E-state index in [1.807, 2.05) is 6.07 Å². The van der Waals surface area contributed by atoms with E-state index in [0.717, 1.165) is 18.5 Å². The normalized spacial score (nSPS) is 11.0. The van der Waals surface area contributed by atoms with Gasteiger partial charge in [0, 0.05) is 12.1 Å². The highest BCUT2D eigenvalue weighted by Crippen LogP contribution is 2.27. The molecule has 3 nitrogen and oxygen atoms in total. The SMILES string of the molecule is CCCCCCCCCCCCCCCCCCCCCC(=O)Nc1ccc(OC)c(Cl)c1. The lowest BCUT2D eigenvalue weighted by atomic mass is 10.0. The smallest absolute Gasteiger partial charge is 0.224 e. The Morgan fingerprint density at radius 2 is 1.15 bits per heavy atom. The minimum absolute atomic E-state index is 0.0585. The van der Waals surface area contributed by atoms with E-state index in [4.69, 9.17) is 16.3 Å². The number of amides is 1. The van der Waals surface area contributed by atoms with Gasteiger partial charge < -0.3 is 10.1 Å². The number of hydrogen-bond acceptors (Lipinski definition) is 2. The zero-order valence-corrected chi connectivity index (χ0v) is 22.3. The third-order valence-corrected chi connectivity index (χ3v) is 6.74. The molecule has 1 aromatic rings. The lowest BCUT2D eigenvalue weighted by Crippen LogP contribution is -2.11. The lowest BCUT2D eigenvalue weighted by Gasteiger charge is -2.08.